The van der Waals surface area contributed by atoms with Crippen molar-refractivity contribution >= 4 is 27.7 Å². The molecule has 0 spiro atoms. The van der Waals surface area contributed by atoms with Crippen LogP contribution in [0.5, 0.6) is 0 Å². The monoisotopic (exact) mass is 389 g/mol. The molecule has 0 bridgehead atoms. The van der Waals surface area contributed by atoms with Crippen LogP contribution in [0.25, 0.3) is 0 Å². The zero-order valence-electron chi connectivity index (χ0n) is 14.3. The number of hydrogen-bond donors (Lipinski definition) is 3. The number of carbonyl (C=O) groups is 2. The summed E-state index contributed by atoms with van der Waals surface area (Å²) in [5.74, 6) is -0.0440. The van der Waals surface area contributed by atoms with Crippen molar-refractivity contribution in [3.63, 3.8) is 0 Å². The van der Waals surface area contributed by atoms with Crippen LogP contribution in [0.3, 0.4) is 0 Å². The van der Waals surface area contributed by atoms with Gasteiger partial charge in [0.2, 0.25) is 5.91 Å². The lowest BCUT2D eigenvalue weighted by atomic mass is 10.2. The zero-order valence-corrected chi connectivity index (χ0v) is 15.1. The lowest BCUT2D eigenvalue weighted by Gasteiger charge is -2.17. The van der Waals surface area contributed by atoms with Crippen molar-refractivity contribution in [2.45, 2.75) is 23.9 Å². The van der Waals surface area contributed by atoms with E-state index in [1.54, 1.807) is 4.90 Å². The van der Waals surface area contributed by atoms with Gasteiger partial charge < -0.3 is 15.5 Å². The van der Waals surface area contributed by atoms with E-state index in [9.17, 15) is 18.0 Å². The summed E-state index contributed by atoms with van der Waals surface area (Å²) in [4.78, 5) is 25.6. The van der Waals surface area contributed by atoms with Crippen LogP contribution < -0.4 is 10.6 Å². The highest BCUT2D eigenvalue weighted by molar-refractivity contribution is 7.85. The van der Waals surface area contributed by atoms with Gasteiger partial charge in [-0.3, -0.25) is 9.35 Å². The number of nitrogens with zero attached hydrogens (tertiary/aromatic N) is 1. The van der Waals surface area contributed by atoms with Crippen molar-refractivity contribution in [3.8, 4) is 0 Å². The standard InChI is InChI=1S/C18H19N3O5S/c22-17-10-15(12-21(17)11-13-5-2-1-3-6-13)20-18(23)19-14-7-4-8-16(9-14)27(24,25)26/h1-9,15H,10-12H2,(H2,19,20,23)(H,24,25,26). The predicted octanol–water partition coefficient (Wildman–Crippen LogP) is 1.86. The third-order valence-corrected chi connectivity index (χ3v) is 5.01. The number of carbonyl (C=O) groups excluding carboxylic acids is 2. The van der Waals surface area contributed by atoms with E-state index in [-0.39, 0.29) is 29.0 Å². The Labute approximate surface area is 156 Å². The highest BCUT2D eigenvalue weighted by Crippen LogP contribution is 2.17. The highest BCUT2D eigenvalue weighted by Gasteiger charge is 2.30. The van der Waals surface area contributed by atoms with Gasteiger partial charge in [0, 0.05) is 25.2 Å². The lowest BCUT2D eigenvalue weighted by Crippen LogP contribution is -2.39. The van der Waals surface area contributed by atoms with Crippen LogP contribution in [0.1, 0.15) is 12.0 Å². The first-order chi connectivity index (χ1) is 12.8. The van der Waals surface area contributed by atoms with Crippen molar-refractivity contribution in [3.05, 3.63) is 60.2 Å². The van der Waals surface area contributed by atoms with Crippen molar-refractivity contribution in [2.24, 2.45) is 0 Å². The first-order valence-corrected chi connectivity index (χ1v) is 9.72. The van der Waals surface area contributed by atoms with Crippen LogP contribution in [-0.4, -0.2) is 42.4 Å². The minimum Gasteiger partial charge on any atom is -0.336 e. The Hall–Kier alpha value is -2.91. The Kier molecular flexibility index (Phi) is 5.43. The normalized spacial score (nSPS) is 17.0. The molecule has 2 aromatic carbocycles. The summed E-state index contributed by atoms with van der Waals surface area (Å²) >= 11 is 0. The van der Waals surface area contributed by atoms with Gasteiger partial charge in [-0.25, -0.2) is 4.79 Å². The van der Waals surface area contributed by atoms with E-state index < -0.39 is 16.1 Å². The first-order valence-electron chi connectivity index (χ1n) is 8.28. The largest absolute Gasteiger partial charge is 0.336 e. The number of urea groups is 1. The van der Waals surface area contributed by atoms with E-state index in [2.05, 4.69) is 10.6 Å². The minimum absolute atomic E-state index is 0.0440. The molecule has 1 atom stereocenters. The molecule has 3 amide bonds. The number of rotatable bonds is 5. The molecule has 9 heteroatoms. The molecule has 0 aromatic heterocycles. The second-order valence-corrected chi connectivity index (χ2v) is 7.68. The van der Waals surface area contributed by atoms with E-state index in [1.165, 1.54) is 18.2 Å². The van der Waals surface area contributed by atoms with E-state index in [0.717, 1.165) is 11.6 Å². The van der Waals surface area contributed by atoms with Crippen molar-refractivity contribution in [2.75, 3.05) is 11.9 Å². The van der Waals surface area contributed by atoms with E-state index in [4.69, 9.17) is 4.55 Å². The lowest BCUT2D eigenvalue weighted by molar-refractivity contribution is -0.128. The number of anilines is 1. The second-order valence-electron chi connectivity index (χ2n) is 6.26. The van der Waals surface area contributed by atoms with Crippen LogP contribution in [0.15, 0.2) is 59.5 Å². The smallest absolute Gasteiger partial charge is 0.319 e. The van der Waals surface area contributed by atoms with E-state index >= 15 is 0 Å². The highest BCUT2D eigenvalue weighted by atomic mass is 32.2. The number of nitrogens with one attached hydrogen (secondary N) is 2. The summed E-state index contributed by atoms with van der Waals surface area (Å²) in [6.07, 6.45) is 0.200. The number of hydrogen-bond acceptors (Lipinski definition) is 4. The van der Waals surface area contributed by atoms with Crippen molar-refractivity contribution in [1.82, 2.24) is 10.2 Å². The van der Waals surface area contributed by atoms with Crippen LogP contribution in [0.4, 0.5) is 10.5 Å². The second kappa shape index (κ2) is 7.77. The Balaban J connectivity index is 1.57. The number of benzene rings is 2. The van der Waals surface area contributed by atoms with Crippen LogP contribution in [0.2, 0.25) is 0 Å². The van der Waals surface area contributed by atoms with Gasteiger partial charge in [-0.1, -0.05) is 36.4 Å². The summed E-state index contributed by atoms with van der Waals surface area (Å²) in [6, 6.07) is 13.9. The van der Waals surface area contributed by atoms with Gasteiger partial charge in [-0.05, 0) is 23.8 Å². The molecular weight excluding hydrogens is 370 g/mol. The fourth-order valence-corrected chi connectivity index (χ4v) is 3.44. The fraction of sp³-hybridized carbons (Fsp3) is 0.222. The quantitative estimate of drug-likeness (QED) is 0.675. The Morgan fingerprint density at radius 1 is 1.15 bits per heavy atom. The topological polar surface area (TPSA) is 116 Å². The van der Waals surface area contributed by atoms with Crippen LogP contribution >= 0.6 is 0 Å². The molecular formula is C18H19N3O5S. The van der Waals surface area contributed by atoms with Gasteiger partial charge in [-0.15, -0.1) is 0 Å². The van der Waals surface area contributed by atoms with Crippen LogP contribution in [-0.2, 0) is 21.5 Å². The van der Waals surface area contributed by atoms with Crippen LogP contribution in [0, 0.1) is 0 Å². The summed E-state index contributed by atoms with van der Waals surface area (Å²) in [5, 5.41) is 5.21. The Morgan fingerprint density at radius 2 is 1.89 bits per heavy atom. The number of likely N-dealkylation sites (tertiary alicyclic amines) is 1. The van der Waals surface area contributed by atoms with Crippen molar-refractivity contribution in [1.29, 1.82) is 0 Å². The minimum atomic E-state index is -4.35. The fourth-order valence-electron chi connectivity index (χ4n) is 2.91. The van der Waals surface area contributed by atoms with Gasteiger partial charge in [0.15, 0.2) is 0 Å². The molecule has 1 saturated heterocycles. The SMILES string of the molecule is O=C(Nc1cccc(S(=O)(=O)O)c1)NC1CC(=O)N(Cc2ccccc2)C1. The zero-order chi connectivity index (χ0) is 19.4. The third-order valence-electron chi connectivity index (χ3n) is 4.16. The molecule has 1 fully saturated rings. The summed E-state index contributed by atoms with van der Waals surface area (Å²) < 4.78 is 31.4. The van der Waals surface area contributed by atoms with E-state index in [0.29, 0.717) is 13.1 Å². The molecule has 0 aliphatic carbocycles. The maximum absolute atomic E-state index is 12.1. The Bertz CT molecular complexity index is 946. The molecule has 0 saturated carbocycles. The number of amides is 3. The van der Waals surface area contributed by atoms with Gasteiger partial charge in [-0.2, -0.15) is 8.42 Å². The summed E-state index contributed by atoms with van der Waals surface area (Å²) in [7, 11) is -4.35. The molecule has 3 rings (SSSR count). The molecule has 1 unspecified atom stereocenters. The first kappa shape index (κ1) is 18.9. The van der Waals surface area contributed by atoms with Gasteiger partial charge in [0.25, 0.3) is 10.1 Å². The molecule has 27 heavy (non-hydrogen) atoms. The molecule has 1 heterocycles. The molecule has 1 aliphatic heterocycles. The van der Waals surface area contributed by atoms with Gasteiger partial charge >= 0.3 is 6.03 Å². The van der Waals surface area contributed by atoms with Gasteiger partial charge in [0.1, 0.15) is 0 Å². The average molecular weight is 389 g/mol. The average Bonchev–Trinajstić information content (AvgIpc) is 2.94. The molecule has 1 aliphatic rings. The summed E-state index contributed by atoms with van der Waals surface area (Å²) in [5.41, 5.74) is 1.23. The maximum atomic E-state index is 12.1. The van der Waals surface area contributed by atoms with Gasteiger partial charge in [0.05, 0.1) is 10.9 Å². The maximum Gasteiger partial charge on any atom is 0.319 e. The molecule has 0 radical (unpaired) electrons. The predicted molar refractivity (Wildman–Crippen MR) is 98.7 cm³/mol. The molecule has 2 aromatic rings. The summed E-state index contributed by atoms with van der Waals surface area (Å²) in [6.45, 7) is 0.877. The molecule has 142 valence electrons. The Morgan fingerprint density at radius 3 is 2.59 bits per heavy atom. The van der Waals surface area contributed by atoms with E-state index in [1.807, 2.05) is 30.3 Å². The molecule has 8 nitrogen and oxygen atoms in total. The molecule has 3 N–H and O–H groups in total. The van der Waals surface area contributed by atoms with Crippen molar-refractivity contribution < 1.29 is 22.6 Å². The third kappa shape index (κ3) is 5.05.